The van der Waals surface area contributed by atoms with Crippen LogP contribution in [0.15, 0.2) is 0 Å². The molecule has 0 heterocycles. The fourth-order valence-corrected chi connectivity index (χ4v) is 1.67. The van der Waals surface area contributed by atoms with Crippen LogP contribution in [0.1, 0.15) is 6.92 Å². The van der Waals surface area contributed by atoms with Crippen molar-refractivity contribution in [3.05, 3.63) is 0 Å². The van der Waals surface area contributed by atoms with Gasteiger partial charge in [0.15, 0.2) is 0 Å². The number of hydrogen-bond acceptors (Lipinski definition) is 3. The van der Waals surface area contributed by atoms with Gasteiger partial charge in [0.2, 0.25) is 0 Å². The Bertz CT molecular complexity index is 199. The van der Waals surface area contributed by atoms with Crippen LogP contribution in [0.2, 0.25) is 0 Å². The number of alkyl halides is 3. The van der Waals surface area contributed by atoms with E-state index in [1.54, 1.807) is 0 Å². The average Bonchev–Trinajstić information content (AvgIpc) is 2.00. The first-order valence-corrected chi connectivity index (χ1v) is 5.59. The molecule has 0 aliphatic rings. The minimum absolute atomic E-state index is 0.143. The van der Waals surface area contributed by atoms with Crippen molar-refractivity contribution in [2.75, 3.05) is 31.1 Å². The lowest BCUT2D eigenvalue weighted by atomic mass is 10.4. The summed E-state index contributed by atoms with van der Waals surface area (Å²) in [7, 11) is 0. The Morgan fingerprint density at radius 2 is 2.07 bits per heavy atom. The van der Waals surface area contributed by atoms with Crippen molar-refractivity contribution in [3.63, 3.8) is 0 Å². The smallest absolute Gasteiger partial charge is 0.401 e. The molecule has 3 nitrogen and oxygen atoms in total. The quantitative estimate of drug-likeness (QED) is 0.693. The van der Waals surface area contributed by atoms with Crippen LogP contribution in [0.3, 0.4) is 0 Å². The first kappa shape index (κ1) is 14.6. The van der Waals surface area contributed by atoms with Crippen molar-refractivity contribution in [1.82, 2.24) is 4.90 Å². The highest BCUT2D eigenvalue weighted by Crippen LogP contribution is 2.16. The minimum Gasteiger partial charge on any atom is -0.480 e. The van der Waals surface area contributed by atoms with E-state index in [1.807, 2.05) is 6.92 Å². The maximum atomic E-state index is 12.0. The molecular formula is C8H14F3NO2S. The van der Waals surface area contributed by atoms with E-state index in [9.17, 15) is 18.0 Å². The van der Waals surface area contributed by atoms with Gasteiger partial charge >= 0.3 is 12.1 Å². The molecule has 0 aromatic rings. The van der Waals surface area contributed by atoms with E-state index in [0.29, 0.717) is 5.75 Å². The molecule has 1 N–H and O–H groups in total. The zero-order valence-electron chi connectivity index (χ0n) is 8.38. The third-order valence-electron chi connectivity index (χ3n) is 1.52. The van der Waals surface area contributed by atoms with Gasteiger partial charge < -0.3 is 5.11 Å². The zero-order valence-corrected chi connectivity index (χ0v) is 9.20. The Morgan fingerprint density at radius 1 is 1.47 bits per heavy atom. The molecule has 7 heteroatoms. The van der Waals surface area contributed by atoms with Gasteiger partial charge in [0.25, 0.3) is 0 Å². The van der Waals surface area contributed by atoms with Gasteiger partial charge in [-0.1, -0.05) is 6.92 Å². The first-order chi connectivity index (χ1) is 6.85. The third-order valence-corrected chi connectivity index (χ3v) is 2.40. The molecule has 0 fully saturated rings. The Kier molecular flexibility index (Phi) is 6.75. The lowest BCUT2D eigenvalue weighted by molar-refractivity contribution is -0.153. The fraction of sp³-hybridized carbons (Fsp3) is 0.875. The molecule has 0 aliphatic heterocycles. The van der Waals surface area contributed by atoms with Crippen LogP contribution in [0.4, 0.5) is 13.2 Å². The van der Waals surface area contributed by atoms with Crippen LogP contribution in [-0.2, 0) is 4.79 Å². The van der Waals surface area contributed by atoms with Crippen LogP contribution >= 0.6 is 11.8 Å². The summed E-state index contributed by atoms with van der Waals surface area (Å²) in [6.07, 6.45) is -4.34. The second kappa shape index (κ2) is 6.95. The molecule has 0 rings (SSSR count). The number of aliphatic carboxylic acids is 1. The highest BCUT2D eigenvalue weighted by atomic mass is 32.2. The summed E-state index contributed by atoms with van der Waals surface area (Å²) in [5.74, 6) is 0.0908. The number of carboxylic acids is 1. The van der Waals surface area contributed by atoms with Crippen LogP contribution in [0, 0.1) is 0 Å². The van der Waals surface area contributed by atoms with Crippen molar-refractivity contribution < 1.29 is 23.1 Å². The SMILES string of the molecule is CCSCCN(CC(=O)O)CC(F)(F)F. The summed E-state index contributed by atoms with van der Waals surface area (Å²) in [4.78, 5) is 11.2. The second-order valence-corrected chi connectivity index (χ2v) is 4.31. The Balaban J connectivity index is 4.01. The number of carbonyl (C=O) groups is 1. The molecule has 0 saturated heterocycles. The molecule has 0 saturated carbocycles. The highest BCUT2D eigenvalue weighted by Gasteiger charge is 2.31. The van der Waals surface area contributed by atoms with E-state index in [2.05, 4.69) is 0 Å². The summed E-state index contributed by atoms with van der Waals surface area (Å²) >= 11 is 1.49. The molecular weight excluding hydrogens is 231 g/mol. The molecule has 0 unspecified atom stereocenters. The molecule has 0 radical (unpaired) electrons. The van der Waals surface area contributed by atoms with Gasteiger partial charge in [-0.15, -0.1) is 0 Å². The lowest BCUT2D eigenvalue weighted by Crippen LogP contribution is -2.39. The number of hydrogen-bond donors (Lipinski definition) is 1. The molecule has 0 aliphatic carbocycles. The van der Waals surface area contributed by atoms with Gasteiger partial charge in [-0.05, 0) is 5.75 Å². The third kappa shape index (κ3) is 9.86. The fourth-order valence-electron chi connectivity index (χ4n) is 0.997. The largest absolute Gasteiger partial charge is 0.480 e. The highest BCUT2D eigenvalue weighted by molar-refractivity contribution is 7.99. The first-order valence-electron chi connectivity index (χ1n) is 4.43. The Morgan fingerprint density at radius 3 is 2.47 bits per heavy atom. The van der Waals surface area contributed by atoms with Crippen LogP contribution < -0.4 is 0 Å². The van der Waals surface area contributed by atoms with E-state index in [4.69, 9.17) is 5.11 Å². The maximum Gasteiger partial charge on any atom is 0.401 e. The lowest BCUT2D eigenvalue weighted by Gasteiger charge is -2.21. The molecule has 0 atom stereocenters. The van der Waals surface area contributed by atoms with Crippen molar-refractivity contribution in [1.29, 1.82) is 0 Å². The predicted molar refractivity (Wildman–Crippen MR) is 53.1 cm³/mol. The second-order valence-electron chi connectivity index (χ2n) is 2.92. The minimum atomic E-state index is -4.34. The Labute approximate surface area is 90.6 Å². The van der Waals surface area contributed by atoms with E-state index in [-0.39, 0.29) is 6.54 Å². The summed E-state index contributed by atoms with van der Waals surface area (Å²) in [6.45, 7) is 0.313. The van der Waals surface area contributed by atoms with E-state index >= 15 is 0 Å². The standard InChI is InChI=1S/C8H14F3NO2S/c1-2-15-4-3-12(5-7(13)14)6-8(9,10)11/h2-6H2,1H3,(H,13,14). The van der Waals surface area contributed by atoms with Gasteiger partial charge in [-0.25, -0.2) is 0 Å². The topological polar surface area (TPSA) is 40.5 Å². The number of thioether (sulfide) groups is 1. The van der Waals surface area contributed by atoms with Crippen LogP contribution in [-0.4, -0.2) is 53.3 Å². The molecule has 0 bridgehead atoms. The molecule has 90 valence electrons. The predicted octanol–water partition coefficient (Wildman–Crippen LogP) is 1.69. The average molecular weight is 245 g/mol. The number of nitrogens with zero attached hydrogens (tertiary/aromatic N) is 1. The normalized spacial score (nSPS) is 12.1. The van der Waals surface area contributed by atoms with Gasteiger partial charge in [0.1, 0.15) is 0 Å². The van der Waals surface area contributed by atoms with Crippen molar-refractivity contribution in [2.45, 2.75) is 13.1 Å². The summed E-state index contributed by atoms with van der Waals surface area (Å²) < 4.78 is 36.1. The van der Waals surface area contributed by atoms with Gasteiger partial charge in [0, 0.05) is 12.3 Å². The van der Waals surface area contributed by atoms with Crippen LogP contribution in [0.25, 0.3) is 0 Å². The summed E-state index contributed by atoms with van der Waals surface area (Å²) in [6, 6.07) is 0. The zero-order chi connectivity index (χ0) is 11.9. The summed E-state index contributed by atoms with van der Waals surface area (Å²) in [5, 5.41) is 8.42. The van der Waals surface area contributed by atoms with Gasteiger partial charge in [0.05, 0.1) is 13.1 Å². The molecule has 0 aromatic heterocycles. The van der Waals surface area contributed by atoms with Crippen molar-refractivity contribution in [2.24, 2.45) is 0 Å². The molecule has 0 spiro atoms. The summed E-state index contributed by atoms with van der Waals surface area (Å²) in [5.41, 5.74) is 0. The molecule has 0 aromatic carbocycles. The number of halogens is 3. The van der Waals surface area contributed by atoms with Gasteiger partial charge in [-0.2, -0.15) is 24.9 Å². The van der Waals surface area contributed by atoms with E-state index < -0.39 is 25.2 Å². The van der Waals surface area contributed by atoms with Crippen LogP contribution in [0.5, 0.6) is 0 Å². The van der Waals surface area contributed by atoms with E-state index in [1.165, 1.54) is 11.8 Å². The molecule has 15 heavy (non-hydrogen) atoms. The van der Waals surface area contributed by atoms with Crippen molar-refractivity contribution in [3.8, 4) is 0 Å². The Hall–Kier alpha value is -0.430. The monoisotopic (exact) mass is 245 g/mol. The van der Waals surface area contributed by atoms with Crippen molar-refractivity contribution >= 4 is 17.7 Å². The van der Waals surface area contributed by atoms with E-state index in [0.717, 1.165) is 10.7 Å². The number of carboxylic acid groups (broad SMARTS) is 1. The molecule has 0 amide bonds. The maximum absolute atomic E-state index is 12.0. The van der Waals surface area contributed by atoms with Gasteiger partial charge in [-0.3, -0.25) is 9.69 Å². The number of rotatable bonds is 7.